The molecule has 2 aliphatic heterocycles. The van der Waals surface area contributed by atoms with Crippen LogP contribution in [0.2, 0.25) is 0 Å². The lowest BCUT2D eigenvalue weighted by atomic mass is 10.0. The zero-order valence-corrected chi connectivity index (χ0v) is 15.5. The predicted octanol–water partition coefficient (Wildman–Crippen LogP) is 3.50. The lowest BCUT2D eigenvalue weighted by molar-refractivity contribution is -0.119. The Morgan fingerprint density at radius 3 is 2.92 bits per heavy atom. The number of methoxy groups -OCH3 is 1. The Hall–Kier alpha value is -2.08. The molecule has 0 saturated carbocycles. The number of carbonyl (C=O) groups is 2. The molecule has 0 bridgehead atoms. The van der Waals surface area contributed by atoms with Gasteiger partial charge < -0.3 is 19.7 Å². The van der Waals surface area contributed by atoms with Crippen molar-refractivity contribution >= 4 is 23.2 Å². The fraction of sp³-hybridized carbons (Fsp3) is 0.600. The average molecular weight is 360 g/mol. The maximum Gasteiger partial charge on any atom is 0.227 e. The van der Waals surface area contributed by atoms with Crippen molar-refractivity contribution in [1.29, 1.82) is 0 Å². The second kappa shape index (κ2) is 9.03. The number of nitrogens with zero attached hydrogens (tertiary/aromatic N) is 1. The first-order valence-electron chi connectivity index (χ1n) is 9.57. The van der Waals surface area contributed by atoms with Gasteiger partial charge in [0.25, 0.3) is 0 Å². The third-order valence-electron chi connectivity index (χ3n) is 5.04. The molecule has 142 valence electrons. The van der Waals surface area contributed by atoms with Crippen molar-refractivity contribution in [2.45, 2.75) is 57.5 Å². The first-order valence-corrected chi connectivity index (χ1v) is 9.57. The highest BCUT2D eigenvalue weighted by Gasteiger charge is 2.23. The number of ether oxygens (including phenoxy) is 2. The number of rotatable bonds is 6. The molecule has 1 atom stereocenters. The number of anilines is 2. The first-order chi connectivity index (χ1) is 12.7. The zero-order chi connectivity index (χ0) is 18.4. The SMILES string of the molecule is COc1ccc(NC(=O)CCC2CCCCO2)cc1N1CCCCC1=O. The van der Waals surface area contributed by atoms with E-state index in [1.165, 1.54) is 6.42 Å². The molecule has 1 aromatic carbocycles. The van der Waals surface area contributed by atoms with E-state index >= 15 is 0 Å². The smallest absolute Gasteiger partial charge is 0.227 e. The van der Waals surface area contributed by atoms with Crippen LogP contribution in [0.25, 0.3) is 0 Å². The van der Waals surface area contributed by atoms with E-state index in [1.807, 2.05) is 12.1 Å². The van der Waals surface area contributed by atoms with Crippen molar-refractivity contribution in [1.82, 2.24) is 0 Å². The number of carbonyl (C=O) groups excluding carboxylic acids is 2. The number of piperidine rings is 1. The summed E-state index contributed by atoms with van der Waals surface area (Å²) in [5.74, 6) is 0.724. The molecule has 0 aliphatic carbocycles. The van der Waals surface area contributed by atoms with E-state index in [-0.39, 0.29) is 17.9 Å². The number of hydrogen-bond acceptors (Lipinski definition) is 4. The van der Waals surface area contributed by atoms with Gasteiger partial charge in [0.15, 0.2) is 0 Å². The van der Waals surface area contributed by atoms with Crippen LogP contribution in [-0.4, -0.2) is 38.2 Å². The summed E-state index contributed by atoms with van der Waals surface area (Å²) < 4.78 is 11.1. The van der Waals surface area contributed by atoms with Crippen molar-refractivity contribution in [2.24, 2.45) is 0 Å². The van der Waals surface area contributed by atoms with Gasteiger partial charge in [0, 0.05) is 31.7 Å². The van der Waals surface area contributed by atoms with Gasteiger partial charge in [-0.1, -0.05) is 0 Å². The zero-order valence-electron chi connectivity index (χ0n) is 15.5. The molecule has 2 heterocycles. The molecule has 1 N–H and O–H groups in total. The van der Waals surface area contributed by atoms with Crippen LogP contribution in [0, 0.1) is 0 Å². The highest BCUT2D eigenvalue weighted by molar-refractivity contribution is 5.97. The quantitative estimate of drug-likeness (QED) is 0.843. The van der Waals surface area contributed by atoms with Crippen LogP contribution in [0.3, 0.4) is 0 Å². The minimum absolute atomic E-state index is 0.0275. The number of nitrogens with one attached hydrogen (secondary N) is 1. The van der Waals surface area contributed by atoms with Crippen molar-refractivity contribution in [2.75, 3.05) is 30.5 Å². The van der Waals surface area contributed by atoms with E-state index < -0.39 is 0 Å². The van der Waals surface area contributed by atoms with Gasteiger partial charge in [-0.15, -0.1) is 0 Å². The van der Waals surface area contributed by atoms with Crippen LogP contribution in [0.1, 0.15) is 51.4 Å². The van der Waals surface area contributed by atoms with Crippen molar-refractivity contribution in [3.63, 3.8) is 0 Å². The minimum Gasteiger partial charge on any atom is -0.495 e. The monoisotopic (exact) mass is 360 g/mol. The maximum atomic E-state index is 12.3. The Bertz CT molecular complexity index is 641. The molecule has 2 fully saturated rings. The van der Waals surface area contributed by atoms with Crippen molar-refractivity contribution < 1.29 is 19.1 Å². The van der Waals surface area contributed by atoms with Gasteiger partial charge in [0.2, 0.25) is 11.8 Å². The molecule has 2 amide bonds. The van der Waals surface area contributed by atoms with Crippen LogP contribution in [0.5, 0.6) is 5.75 Å². The standard InChI is InChI=1S/C20H28N2O4/c1-25-18-10-8-15(14-17(18)22-12-4-2-7-20(22)24)21-19(23)11-9-16-6-3-5-13-26-16/h8,10,14,16H,2-7,9,11-13H2,1H3,(H,21,23). The number of benzene rings is 1. The summed E-state index contributed by atoms with van der Waals surface area (Å²) in [6.07, 6.45) is 7.19. The summed E-state index contributed by atoms with van der Waals surface area (Å²) in [4.78, 5) is 26.3. The van der Waals surface area contributed by atoms with E-state index in [4.69, 9.17) is 9.47 Å². The summed E-state index contributed by atoms with van der Waals surface area (Å²) in [7, 11) is 1.59. The van der Waals surface area contributed by atoms with Gasteiger partial charge in [0.05, 0.1) is 18.9 Å². The fourth-order valence-corrected chi connectivity index (χ4v) is 3.59. The summed E-state index contributed by atoms with van der Waals surface area (Å²) in [5, 5.41) is 2.94. The average Bonchev–Trinajstić information content (AvgIpc) is 2.67. The lowest BCUT2D eigenvalue weighted by Gasteiger charge is -2.28. The maximum absolute atomic E-state index is 12.3. The third-order valence-corrected chi connectivity index (χ3v) is 5.04. The van der Waals surface area contributed by atoms with Gasteiger partial charge in [0.1, 0.15) is 5.75 Å². The van der Waals surface area contributed by atoms with Crippen LogP contribution < -0.4 is 15.0 Å². The van der Waals surface area contributed by atoms with Crippen LogP contribution >= 0.6 is 0 Å². The summed E-state index contributed by atoms with van der Waals surface area (Å²) in [6.45, 7) is 1.49. The molecule has 26 heavy (non-hydrogen) atoms. The Labute approximate surface area is 154 Å². The Kier molecular flexibility index (Phi) is 6.50. The molecule has 6 heteroatoms. The topological polar surface area (TPSA) is 67.9 Å². The molecule has 2 saturated heterocycles. The molecule has 0 aromatic heterocycles. The van der Waals surface area contributed by atoms with Gasteiger partial charge >= 0.3 is 0 Å². The highest BCUT2D eigenvalue weighted by Crippen LogP contribution is 2.33. The van der Waals surface area contributed by atoms with Crippen LogP contribution in [-0.2, 0) is 14.3 Å². The lowest BCUT2D eigenvalue weighted by Crippen LogP contribution is -2.35. The Morgan fingerprint density at radius 1 is 1.31 bits per heavy atom. The van der Waals surface area contributed by atoms with Gasteiger partial charge in [-0.3, -0.25) is 9.59 Å². The molecule has 1 aromatic rings. The molecule has 2 aliphatic rings. The molecule has 0 radical (unpaired) electrons. The highest BCUT2D eigenvalue weighted by atomic mass is 16.5. The normalized spacial score (nSPS) is 20.7. The van der Waals surface area contributed by atoms with E-state index in [0.29, 0.717) is 30.8 Å². The van der Waals surface area contributed by atoms with Crippen molar-refractivity contribution in [3.05, 3.63) is 18.2 Å². The molecular formula is C20H28N2O4. The van der Waals surface area contributed by atoms with Crippen LogP contribution in [0.4, 0.5) is 11.4 Å². The van der Waals surface area contributed by atoms with E-state index in [9.17, 15) is 9.59 Å². The Morgan fingerprint density at radius 2 is 2.19 bits per heavy atom. The molecule has 0 spiro atoms. The first kappa shape index (κ1) is 18.7. The third kappa shape index (κ3) is 4.75. The fourth-order valence-electron chi connectivity index (χ4n) is 3.59. The second-order valence-electron chi connectivity index (χ2n) is 6.96. The summed E-state index contributed by atoms with van der Waals surface area (Å²) in [6, 6.07) is 5.44. The predicted molar refractivity (Wildman–Crippen MR) is 101 cm³/mol. The van der Waals surface area contributed by atoms with Gasteiger partial charge in [-0.2, -0.15) is 0 Å². The van der Waals surface area contributed by atoms with Crippen molar-refractivity contribution in [3.8, 4) is 5.75 Å². The van der Waals surface area contributed by atoms with E-state index in [0.717, 1.165) is 44.4 Å². The summed E-state index contributed by atoms with van der Waals surface area (Å²) in [5.41, 5.74) is 1.42. The second-order valence-corrected chi connectivity index (χ2v) is 6.96. The van der Waals surface area contributed by atoms with E-state index in [2.05, 4.69) is 5.32 Å². The molecular weight excluding hydrogens is 332 g/mol. The largest absolute Gasteiger partial charge is 0.495 e. The molecule has 1 unspecified atom stereocenters. The van der Waals surface area contributed by atoms with Gasteiger partial charge in [-0.05, 0) is 56.7 Å². The van der Waals surface area contributed by atoms with Gasteiger partial charge in [-0.25, -0.2) is 0 Å². The Balaban J connectivity index is 1.63. The molecule has 3 rings (SSSR count). The summed E-state index contributed by atoms with van der Waals surface area (Å²) >= 11 is 0. The van der Waals surface area contributed by atoms with Crippen LogP contribution in [0.15, 0.2) is 18.2 Å². The number of amides is 2. The molecule has 6 nitrogen and oxygen atoms in total. The minimum atomic E-state index is -0.0275. The number of hydrogen-bond donors (Lipinski definition) is 1. The van der Waals surface area contributed by atoms with E-state index in [1.54, 1.807) is 18.1 Å².